The molecule has 1 aliphatic rings. The van der Waals surface area contributed by atoms with Gasteiger partial charge in [0.25, 0.3) is 0 Å². The molecule has 1 aromatic carbocycles. The van der Waals surface area contributed by atoms with Crippen molar-refractivity contribution in [2.75, 3.05) is 46.2 Å². The van der Waals surface area contributed by atoms with Gasteiger partial charge in [-0.05, 0) is 37.2 Å². The van der Waals surface area contributed by atoms with Crippen molar-refractivity contribution in [3.05, 3.63) is 23.8 Å². The Kier molecular flexibility index (Phi) is 5.48. The predicted molar refractivity (Wildman–Crippen MR) is 83.7 cm³/mol. The van der Waals surface area contributed by atoms with E-state index in [4.69, 9.17) is 16.3 Å². The normalized spacial score (nSPS) is 17.9. The van der Waals surface area contributed by atoms with Crippen LogP contribution in [-0.2, 0) is 16.4 Å². The van der Waals surface area contributed by atoms with E-state index in [2.05, 4.69) is 4.90 Å². The first-order valence-electron chi connectivity index (χ1n) is 6.90. The summed E-state index contributed by atoms with van der Waals surface area (Å²) in [6.45, 7) is 2.54. The third kappa shape index (κ3) is 3.69. The fourth-order valence-electron chi connectivity index (χ4n) is 2.40. The van der Waals surface area contributed by atoms with E-state index >= 15 is 0 Å². The monoisotopic (exact) mass is 332 g/mol. The van der Waals surface area contributed by atoms with Crippen LogP contribution in [0.15, 0.2) is 23.1 Å². The van der Waals surface area contributed by atoms with Crippen molar-refractivity contribution in [3.8, 4) is 5.75 Å². The molecule has 0 bridgehead atoms. The number of methoxy groups -OCH3 is 1. The number of hydrogen-bond donors (Lipinski definition) is 0. The Morgan fingerprint density at radius 2 is 1.90 bits per heavy atom. The second-order valence-corrected chi connectivity index (χ2v) is 7.40. The number of alkyl halides is 1. The first-order valence-corrected chi connectivity index (χ1v) is 8.88. The van der Waals surface area contributed by atoms with Gasteiger partial charge in [-0.3, -0.25) is 0 Å². The highest BCUT2D eigenvalue weighted by atomic mass is 35.5. The summed E-state index contributed by atoms with van der Waals surface area (Å²) in [6.07, 6.45) is 0.501. The van der Waals surface area contributed by atoms with E-state index in [0.29, 0.717) is 41.6 Å². The quantitative estimate of drug-likeness (QED) is 0.765. The van der Waals surface area contributed by atoms with Gasteiger partial charge in [-0.1, -0.05) is 0 Å². The molecule has 0 saturated carbocycles. The second-order valence-electron chi connectivity index (χ2n) is 5.12. The summed E-state index contributed by atoms with van der Waals surface area (Å²) in [5.74, 6) is 1.02. The molecular weight excluding hydrogens is 312 g/mol. The molecule has 0 aliphatic carbocycles. The molecule has 0 amide bonds. The maximum absolute atomic E-state index is 12.8. The maximum Gasteiger partial charge on any atom is 0.243 e. The molecule has 0 unspecified atom stereocenters. The first kappa shape index (κ1) is 16.5. The number of sulfonamides is 1. The van der Waals surface area contributed by atoms with Crippen LogP contribution in [0.2, 0.25) is 0 Å². The number of hydrogen-bond acceptors (Lipinski definition) is 4. The maximum atomic E-state index is 12.8. The molecule has 1 fully saturated rings. The Bertz CT molecular complexity index is 584. The van der Waals surface area contributed by atoms with E-state index in [1.807, 2.05) is 7.05 Å². The molecule has 5 nitrogen and oxygen atoms in total. The van der Waals surface area contributed by atoms with E-state index < -0.39 is 10.0 Å². The zero-order valence-electron chi connectivity index (χ0n) is 12.4. The number of benzene rings is 1. The van der Waals surface area contributed by atoms with Gasteiger partial charge in [-0.15, -0.1) is 11.6 Å². The van der Waals surface area contributed by atoms with E-state index in [9.17, 15) is 8.42 Å². The van der Waals surface area contributed by atoms with Gasteiger partial charge >= 0.3 is 0 Å². The lowest BCUT2D eigenvalue weighted by atomic mass is 10.1. The van der Waals surface area contributed by atoms with E-state index in [-0.39, 0.29) is 0 Å². The highest BCUT2D eigenvalue weighted by Gasteiger charge is 2.29. The van der Waals surface area contributed by atoms with Gasteiger partial charge in [0.05, 0.1) is 12.0 Å². The van der Waals surface area contributed by atoms with Crippen LogP contribution < -0.4 is 4.74 Å². The summed E-state index contributed by atoms with van der Waals surface area (Å²) >= 11 is 5.80. The molecule has 0 radical (unpaired) electrons. The van der Waals surface area contributed by atoms with E-state index in [0.717, 1.165) is 13.1 Å². The molecule has 7 heteroatoms. The molecule has 21 heavy (non-hydrogen) atoms. The number of halogens is 1. The summed E-state index contributed by atoms with van der Waals surface area (Å²) in [4.78, 5) is 2.47. The molecule has 1 heterocycles. The number of nitrogens with zero attached hydrogens (tertiary/aromatic N) is 2. The van der Waals surface area contributed by atoms with Crippen LogP contribution in [0.1, 0.15) is 5.56 Å². The van der Waals surface area contributed by atoms with Crippen molar-refractivity contribution in [1.29, 1.82) is 0 Å². The average Bonchev–Trinajstić information content (AvgIpc) is 2.47. The second kappa shape index (κ2) is 6.96. The third-order valence-corrected chi connectivity index (χ3v) is 5.90. The molecule has 2 rings (SSSR count). The largest absolute Gasteiger partial charge is 0.497 e. The van der Waals surface area contributed by atoms with Crippen LogP contribution in [0, 0.1) is 0 Å². The van der Waals surface area contributed by atoms with Crippen LogP contribution in [0.25, 0.3) is 0 Å². The van der Waals surface area contributed by atoms with Crippen molar-refractivity contribution in [2.45, 2.75) is 11.3 Å². The van der Waals surface area contributed by atoms with Gasteiger partial charge < -0.3 is 9.64 Å². The summed E-state index contributed by atoms with van der Waals surface area (Å²) in [5, 5.41) is 0. The number of rotatable bonds is 5. The van der Waals surface area contributed by atoms with Crippen LogP contribution in [0.4, 0.5) is 0 Å². The lowest BCUT2D eigenvalue weighted by Crippen LogP contribution is -2.47. The zero-order valence-corrected chi connectivity index (χ0v) is 14.0. The Morgan fingerprint density at radius 1 is 1.24 bits per heavy atom. The highest BCUT2D eigenvalue weighted by molar-refractivity contribution is 7.89. The number of ether oxygens (including phenoxy) is 1. The summed E-state index contributed by atoms with van der Waals surface area (Å²) in [6, 6.07) is 5.06. The third-order valence-electron chi connectivity index (χ3n) is 3.71. The first-order chi connectivity index (χ1) is 9.98. The summed E-state index contributed by atoms with van der Waals surface area (Å²) in [5.41, 5.74) is 0.711. The van der Waals surface area contributed by atoms with Crippen molar-refractivity contribution < 1.29 is 13.2 Å². The molecule has 0 atom stereocenters. The number of aryl methyl sites for hydroxylation is 1. The molecule has 1 aliphatic heterocycles. The van der Waals surface area contributed by atoms with Crippen LogP contribution >= 0.6 is 11.6 Å². The average molecular weight is 333 g/mol. The molecule has 118 valence electrons. The Labute approximate surface area is 131 Å². The van der Waals surface area contributed by atoms with E-state index in [1.165, 1.54) is 0 Å². The predicted octanol–water partition coefficient (Wildman–Crippen LogP) is 1.41. The Hall–Kier alpha value is -0.820. The highest BCUT2D eigenvalue weighted by Crippen LogP contribution is 2.26. The van der Waals surface area contributed by atoms with Crippen molar-refractivity contribution in [2.24, 2.45) is 0 Å². The van der Waals surface area contributed by atoms with Gasteiger partial charge in [0.15, 0.2) is 0 Å². The van der Waals surface area contributed by atoms with Crippen molar-refractivity contribution in [1.82, 2.24) is 9.21 Å². The lowest BCUT2D eigenvalue weighted by Gasteiger charge is -2.32. The Morgan fingerprint density at radius 3 is 2.48 bits per heavy atom. The van der Waals surface area contributed by atoms with Gasteiger partial charge in [0.1, 0.15) is 5.75 Å². The van der Waals surface area contributed by atoms with Gasteiger partial charge in [-0.25, -0.2) is 8.42 Å². The van der Waals surface area contributed by atoms with Crippen LogP contribution in [-0.4, -0.2) is 63.8 Å². The van der Waals surface area contributed by atoms with Gasteiger partial charge in [0, 0.05) is 32.1 Å². The topological polar surface area (TPSA) is 49.9 Å². The minimum atomic E-state index is -3.47. The van der Waals surface area contributed by atoms with Crippen molar-refractivity contribution in [3.63, 3.8) is 0 Å². The molecule has 1 saturated heterocycles. The minimum absolute atomic E-state index is 0.341. The lowest BCUT2D eigenvalue weighted by molar-refractivity contribution is 0.222. The minimum Gasteiger partial charge on any atom is -0.497 e. The summed E-state index contributed by atoms with van der Waals surface area (Å²) < 4.78 is 32.3. The molecular formula is C14H21ClN2O3S. The molecule has 0 aromatic heterocycles. The zero-order chi connectivity index (χ0) is 15.5. The molecule has 0 N–H and O–H groups in total. The number of piperazine rings is 1. The van der Waals surface area contributed by atoms with Gasteiger partial charge in [0.2, 0.25) is 10.0 Å². The number of likely N-dealkylation sites (N-methyl/N-ethyl adjacent to an activating group) is 1. The van der Waals surface area contributed by atoms with Gasteiger partial charge in [-0.2, -0.15) is 4.31 Å². The fourth-order valence-corrected chi connectivity index (χ4v) is 4.26. The van der Waals surface area contributed by atoms with E-state index in [1.54, 1.807) is 29.6 Å². The standard InChI is InChI=1S/C14H21ClN2O3S/c1-16-7-9-17(10-8-16)21(18,19)14-4-3-13(20-2)11-12(14)5-6-15/h3-4,11H,5-10H2,1-2H3. The SMILES string of the molecule is COc1ccc(S(=O)(=O)N2CCN(C)CC2)c(CCCl)c1. The molecule has 1 aromatic rings. The summed E-state index contributed by atoms with van der Waals surface area (Å²) in [7, 11) is 0.0894. The van der Waals surface area contributed by atoms with Crippen LogP contribution in [0.3, 0.4) is 0 Å². The smallest absolute Gasteiger partial charge is 0.243 e. The van der Waals surface area contributed by atoms with Crippen molar-refractivity contribution >= 4 is 21.6 Å². The van der Waals surface area contributed by atoms with Crippen LogP contribution in [0.5, 0.6) is 5.75 Å². The molecule has 0 spiro atoms. The Balaban J connectivity index is 2.34. The fraction of sp³-hybridized carbons (Fsp3) is 0.571.